The Kier molecular flexibility index (Phi) is 3.32. The Morgan fingerprint density at radius 3 is 3.00 bits per heavy atom. The second-order valence-electron chi connectivity index (χ2n) is 3.36. The van der Waals surface area contributed by atoms with Gasteiger partial charge in [-0.15, -0.1) is 0 Å². The summed E-state index contributed by atoms with van der Waals surface area (Å²) in [6.45, 7) is 4.49. The molecule has 12 heavy (non-hydrogen) atoms. The van der Waals surface area contributed by atoms with Crippen LogP contribution in [0.3, 0.4) is 0 Å². The van der Waals surface area contributed by atoms with Crippen molar-refractivity contribution in [3.05, 3.63) is 12.2 Å². The summed E-state index contributed by atoms with van der Waals surface area (Å²) in [7, 11) is 0. The van der Waals surface area contributed by atoms with Crippen LogP contribution in [-0.4, -0.2) is 12.6 Å². The summed E-state index contributed by atoms with van der Waals surface area (Å²) in [5.74, 6) is 0.554. The first kappa shape index (κ1) is 9.30. The molecule has 1 rings (SSSR count). The van der Waals surface area contributed by atoms with Gasteiger partial charge in [-0.1, -0.05) is 19.1 Å². The summed E-state index contributed by atoms with van der Waals surface area (Å²) in [6.07, 6.45) is 6.08. The van der Waals surface area contributed by atoms with Crippen molar-refractivity contribution >= 4 is 5.97 Å². The molecule has 0 unspecified atom stereocenters. The first-order chi connectivity index (χ1) is 5.74. The van der Waals surface area contributed by atoms with Gasteiger partial charge in [-0.05, 0) is 25.7 Å². The van der Waals surface area contributed by atoms with Crippen LogP contribution in [-0.2, 0) is 9.53 Å². The molecule has 1 aliphatic carbocycles. The highest BCUT2D eigenvalue weighted by atomic mass is 16.5. The van der Waals surface area contributed by atoms with Gasteiger partial charge >= 0.3 is 5.97 Å². The number of ether oxygens (including phenoxy) is 1. The fourth-order valence-electron chi connectivity index (χ4n) is 1.51. The van der Waals surface area contributed by atoms with Gasteiger partial charge in [-0.25, -0.2) is 0 Å². The van der Waals surface area contributed by atoms with Gasteiger partial charge < -0.3 is 4.74 Å². The smallest absolute Gasteiger partial charge is 0.312 e. The molecule has 2 heteroatoms. The molecular formula is C10H16O2. The quantitative estimate of drug-likeness (QED) is 0.466. The largest absolute Gasteiger partial charge is 0.466 e. The van der Waals surface area contributed by atoms with Gasteiger partial charge in [-0.2, -0.15) is 0 Å². The number of hydrogen-bond acceptors (Lipinski definition) is 2. The topological polar surface area (TPSA) is 26.3 Å². The molecule has 0 aromatic carbocycles. The fourth-order valence-corrected chi connectivity index (χ4v) is 1.51. The molecule has 0 aliphatic heterocycles. The first-order valence-corrected chi connectivity index (χ1v) is 4.57. The monoisotopic (exact) mass is 168 g/mol. The van der Waals surface area contributed by atoms with Gasteiger partial charge in [0, 0.05) is 0 Å². The third kappa shape index (κ3) is 2.36. The van der Waals surface area contributed by atoms with Crippen LogP contribution in [0.1, 0.15) is 26.7 Å². The normalized spacial score (nSPS) is 28.5. The predicted octanol–water partition coefficient (Wildman–Crippen LogP) is 2.15. The lowest BCUT2D eigenvalue weighted by Gasteiger charge is -2.19. The molecule has 0 bridgehead atoms. The van der Waals surface area contributed by atoms with Gasteiger partial charge in [0.1, 0.15) is 0 Å². The van der Waals surface area contributed by atoms with Crippen molar-refractivity contribution in [2.24, 2.45) is 11.8 Å². The maximum atomic E-state index is 11.3. The van der Waals surface area contributed by atoms with Gasteiger partial charge in [0.2, 0.25) is 0 Å². The summed E-state index contributed by atoms with van der Waals surface area (Å²) >= 11 is 0. The maximum Gasteiger partial charge on any atom is 0.312 e. The van der Waals surface area contributed by atoms with Crippen LogP contribution in [0.25, 0.3) is 0 Å². The van der Waals surface area contributed by atoms with Gasteiger partial charge in [-0.3, -0.25) is 4.79 Å². The highest BCUT2D eigenvalue weighted by Gasteiger charge is 2.21. The van der Waals surface area contributed by atoms with E-state index >= 15 is 0 Å². The summed E-state index contributed by atoms with van der Waals surface area (Å²) < 4.78 is 4.94. The Morgan fingerprint density at radius 2 is 2.42 bits per heavy atom. The van der Waals surface area contributed by atoms with E-state index in [-0.39, 0.29) is 11.9 Å². The minimum atomic E-state index is -0.0692. The van der Waals surface area contributed by atoms with Crippen molar-refractivity contribution in [2.75, 3.05) is 6.61 Å². The molecule has 0 saturated heterocycles. The van der Waals surface area contributed by atoms with Crippen molar-refractivity contribution < 1.29 is 9.53 Å². The lowest BCUT2D eigenvalue weighted by molar-refractivity contribution is -0.146. The molecule has 0 aromatic heterocycles. The molecule has 0 radical (unpaired) electrons. The molecule has 0 saturated carbocycles. The molecule has 0 amide bonds. The van der Waals surface area contributed by atoms with Crippen LogP contribution < -0.4 is 0 Å². The van der Waals surface area contributed by atoms with Crippen molar-refractivity contribution in [2.45, 2.75) is 26.7 Å². The third-order valence-corrected chi connectivity index (χ3v) is 2.15. The molecule has 0 spiro atoms. The van der Waals surface area contributed by atoms with E-state index in [1.807, 2.05) is 13.0 Å². The molecular weight excluding hydrogens is 152 g/mol. The van der Waals surface area contributed by atoms with Crippen LogP contribution in [0.15, 0.2) is 12.2 Å². The van der Waals surface area contributed by atoms with Gasteiger partial charge in [0.15, 0.2) is 0 Å². The molecule has 0 aromatic rings. The average molecular weight is 168 g/mol. The molecule has 0 heterocycles. The van der Waals surface area contributed by atoms with Gasteiger partial charge in [0.25, 0.3) is 0 Å². The van der Waals surface area contributed by atoms with Crippen LogP contribution in [0.2, 0.25) is 0 Å². The van der Waals surface area contributed by atoms with E-state index < -0.39 is 0 Å². The SMILES string of the molecule is CCOC(=O)[C@@H]1C=CC[C@H](C)C1. The van der Waals surface area contributed by atoms with E-state index in [0.29, 0.717) is 12.5 Å². The Labute approximate surface area is 73.6 Å². The molecule has 1 aliphatic rings. The van der Waals surface area contributed by atoms with E-state index in [0.717, 1.165) is 12.8 Å². The van der Waals surface area contributed by atoms with E-state index in [1.54, 1.807) is 0 Å². The number of allylic oxidation sites excluding steroid dienone is 1. The minimum absolute atomic E-state index is 0.00806. The highest BCUT2D eigenvalue weighted by molar-refractivity contribution is 5.74. The summed E-state index contributed by atoms with van der Waals surface area (Å²) in [5.41, 5.74) is 0. The van der Waals surface area contributed by atoms with Crippen LogP contribution in [0.5, 0.6) is 0 Å². The molecule has 0 N–H and O–H groups in total. The van der Waals surface area contributed by atoms with E-state index in [1.165, 1.54) is 0 Å². The summed E-state index contributed by atoms with van der Waals surface area (Å²) in [4.78, 5) is 11.3. The zero-order valence-electron chi connectivity index (χ0n) is 7.75. The van der Waals surface area contributed by atoms with Crippen molar-refractivity contribution in [1.82, 2.24) is 0 Å². The molecule has 68 valence electrons. The lowest BCUT2D eigenvalue weighted by atomic mass is 9.88. The van der Waals surface area contributed by atoms with Crippen molar-refractivity contribution in [3.8, 4) is 0 Å². The van der Waals surface area contributed by atoms with E-state index in [9.17, 15) is 4.79 Å². The second kappa shape index (κ2) is 4.29. The van der Waals surface area contributed by atoms with Crippen LogP contribution >= 0.6 is 0 Å². The average Bonchev–Trinajstić information content (AvgIpc) is 2.05. The number of esters is 1. The number of hydrogen-bond donors (Lipinski definition) is 0. The predicted molar refractivity (Wildman–Crippen MR) is 47.7 cm³/mol. The number of carbonyl (C=O) groups is 1. The van der Waals surface area contributed by atoms with E-state index in [4.69, 9.17) is 4.74 Å². The molecule has 2 nitrogen and oxygen atoms in total. The lowest BCUT2D eigenvalue weighted by Crippen LogP contribution is -2.20. The number of rotatable bonds is 2. The fraction of sp³-hybridized carbons (Fsp3) is 0.700. The van der Waals surface area contributed by atoms with E-state index in [2.05, 4.69) is 13.0 Å². The number of carbonyl (C=O) groups excluding carboxylic acids is 1. The van der Waals surface area contributed by atoms with Crippen LogP contribution in [0, 0.1) is 11.8 Å². The third-order valence-electron chi connectivity index (χ3n) is 2.15. The van der Waals surface area contributed by atoms with Crippen LogP contribution in [0.4, 0.5) is 0 Å². The minimum Gasteiger partial charge on any atom is -0.466 e. The first-order valence-electron chi connectivity index (χ1n) is 4.57. The zero-order chi connectivity index (χ0) is 8.97. The Balaban J connectivity index is 2.46. The summed E-state index contributed by atoms with van der Waals surface area (Å²) in [6, 6.07) is 0. The van der Waals surface area contributed by atoms with Crippen molar-refractivity contribution in [1.29, 1.82) is 0 Å². The zero-order valence-corrected chi connectivity index (χ0v) is 7.75. The van der Waals surface area contributed by atoms with Gasteiger partial charge in [0.05, 0.1) is 12.5 Å². The van der Waals surface area contributed by atoms with Crippen molar-refractivity contribution in [3.63, 3.8) is 0 Å². The second-order valence-corrected chi connectivity index (χ2v) is 3.36. The summed E-state index contributed by atoms with van der Waals surface area (Å²) in [5, 5.41) is 0. The molecule has 0 fully saturated rings. The Bertz CT molecular complexity index is 184. The highest BCUT2D eigenvalue weighted by Crippen LogP contribution is 2.23. The Hall–Kier alpha value is -0.790. The Morgan fingerprint density at radius 1 is 1.67 bits per heavy atom. The standard InChI is InChI=1S/C10H16O2/c1-3-12-10(11)9-6-4-5-8(2)7-9/h4,6,8-9H,3,5,7H2,1-2H3/t8-,9+/m0/s1. The maximum absolute atomic E-state index is 11.3. The molecule has 2 atom stereocenters.